The summed E-state index contributed by atoms with van der Waals surface area (Å²) < 4.78 is 11.1. The van der Waals surface area contributed by atoms with E-state index in [4.69, 9.17) is 9.47 Å². The van der Waals surface area contributed by atoms with Crippen molar-refractivity contribution in [1.29, 1.82) is 0 Å². The molecule has 3 aromatic rings. The van der Waals surface area contributed by atoms with E-state index in [2.05, 4.69) is 29.6 Å². The Morgan fingerprint density at radius 3 is 2.04 bits per heavy atom. The molecule has 0 fully saturated rings. The maximum atomic E-state index is 12.7. The minimum atomic E-state index is -0.121. The van der Waals surface area contributed by atoms with Gasteiger partial charge in [0.2, 0.25) is 0 Å². The highest BCUT2D eigenvalue weighted by Gasteiger charge is 2.18. The Hall–Kier alpha value is -3.27. The number of benzene rings is 3. The molecular formula is C23H21NO3. The second-order valence-corrected chi connectivity index (χ2v) is 6.44. The average Bonchev–Trinajstić information content (AvgIpc) is 2.75. The second kappa shape index (κ2) is 7.96. The maximum Gasteiger partial charge on any atom is 0.251 e. The Kier molecular flexibility index (Phi) is 5.06. The van der Waals surface area contributed by atoms with E-state index in [1.165, 1.54) is 11.1 Å². The fraction of sp³-hybridized carbons (Fsp3) is 0.174. The zero-order chi connectivity index (χ0) is 18.5. The first kappa shape index (κ1) is 17.2. The Morgan fingerprint density at radius 1 is 0.815 bits per heavy atom. The van der Waals surface area contributed by atoms with Crippen molar-refractivity contribution in [3.05, 3.63) is 95.6 Å². The van der Waals surface area contributed by atoms with Crippen LogP contribution < -0.4 is 14.8 Å². The van der Waals surface area contributed by atoms with E-state index in [9.17, 15) is 4.79 Å². The molecule has 0 saturated carbocycles. The van der Waals surface area contributed by atoms with Crippen molar-refractivity contribution in [2.45, 2.75) is 5.92 Å². The van der Waals surface area contributed by atoms with Crippen LogP contribution in [0.4, 0.5) is 0 Å². The molecule has 0 spiro atoms. The highest BCUT2D eigenvalue weighted by atomic mass is 16.6. The number of carbonyl (C=O) groups is 1. The van der Waals surface area contributed by atoms with Crippen molar-refractivity contribution in [1.82, 2.24) is 5.32 Å². The molecule has 3 aromatic carbocycles. The highest BCUT2D eigenvalue weighted by Crippen LogP contribution is 2.31. The summed E-state index contributed by atoms with van der Waals surface area (Å²) in [5.74, 6) is 1.28. The van der Waals surface area contributed by atoms with Gasteiger partial charge in [0.1, 0.15) is 13.2 Å². The normalized spacial score (nSPS) is 12.6. The summed E-state index contributed by atoms with van der Waals surface area (Å²) >= 11 is 0. The Balaban J connectivity index is 1.51. The van der Waals surface area contributed by atoms with E-state index in [-0.39, 0.29) is 11.8 Å². The molecule has 1 amide bonds. The lowest BCUT2D eigenvalue weighted by atomic mass is 9.91. The first-order valence-electron chi connectivity index (χ1n) is 9.09. The lowest BCUT2D eigenvalue weighted by molar-refractivity contribution is 0.0951. The van der Waals surface area contributed by atoms with E-state index < -0.39 is 0 Å². The molecule has 27 heavy (non-hydrogen) atoms. The van der Waals surface area contributed by atoms with E-state index in [0.717, 1.165) is 0 Å². The zero-order valence-electron chi connectivity index (χ0n) is 14.9. The van der Waals surface area contributed by atoms with E-state index >= 15 is 0 Å². The number of ether oxygens (including phenoxy) is 2. The monoisotopic (exact) mass is 359 g/mol. The maximum absolute atomic E-state index is 12.7. The molecule has 4 rings (SSSR count). The van der Waals surface area contributed by atoms with Gasteiger partial charge in [-0.25, -0.2) is 0 Å². The molecule has 136 valence electrons. The lowest BCUT2D eigenvalue weighted by Gasteiger charge is -2.20. The third-order valence-electron chi connectivity index (χ3n) is 4.67. The summed E-state index contributed by atoms with van der Waals surface area (Å²) in [6, 6.07) is 25.7. The second-order valence-electron chi connectivity index (χ2n) is 6.44. The summed E-state index contributed by atoms with van der Waals surface area (Å²) in [5.41, 5.74) is 2.91. The summed E-state index contributed by atoms with van der Waals surface area (Å²) in [7, 11) is 0. The number of fused-ring (bicyclic) bond motifs is 1. The Morgan fingerprint density at radius 2 is 1.41 bits per heavy atom. The van der Waals surface area contributed by atoms with Crippen LogP contribution >= 0.6 is 0 Å². The van der Waals surface area contributed by atoms with Crippen LogP contribution in [-0.4, -0.2) is 25.7 Å². The largest absolute Gasteiger partial charge is 0.486 e. The summed E-state index contributed by atoms with van der Waals surface area (Å²) in [4.78, 5) is 12.7. The first-order valence-corrected chi connectivity index (χ1v) is 9.09. The van der Waals surface area contributed by atoms with E-state index in [1.54, 1.807) is 18.2 Å². The SMILES string of the molecule is O=C(NCC(c1ccccc1)c1ccccc1)c1ccc2c(c1)OCCO2. The van der Waals surface area contributed by atoms with Crippen LogP contribution in [0.2, 0.25) is 0 Å². The molecule has 0 saturated heterocycles. The first-order chi connectivity index (χ1) is 13.3. The van der Waals surface area contributed by atoms with Gasteiger partial charge in [0.25, 0.3) is 5.91 Å². The molecule has 1 aliphatic rings. The predicted molar refractivity (Wildman–Crippen MR) is 104 cm³/mol. The number of hydrogen-bond acceptors (Lipinski definition) is 3. The van der Waals surface area contributed by atoms with Crippen LogP contribution in [0.5, 0.6) is 11.5 Å². The van der Waals surface area contributed by atoms with Crippen molar-refractivity contribution in [3.63, 3.8) is 0 Å². The number of carbonyl (C=O) groups excluding carboxylic acids is 1. The Bertz CT molecular complexity index is 870. The minimum Gasteiger partial charge on any atom is -0.486 e. The third kappa shape index (κ3) is 3.95. The molecule has 4 nitrogen and oxygen atoms in total. The third-order valence-corrected chi connectivity index (χ3v) is 4.67. The van der Waals surface area contributed by atoms with Crippen LogP contribution in [-0.2, 0) is 0 Å². The van der Waals surface area contributed by atoms with Gasteiger partial charge < -0.3 is 14.8 Å². The molecule has 0 aromatic heterocycles. The average molecular weight is 359 g/mol. The quantitative estimate of drug-likeness (QED) is 0.748. The predicted octanol–water partition coefficient (Wildman–Crippen LogP) is 4.02. The molecule has 1 N–H and O–H groups in total. The number of hydrogen-bond donors (Lipinski definition) is 1. The van der Waals surface area contributed by atoms with Gasteiger partial charge in [0, 0.05) is 18.0 Å². The van der Waals surface area contributed by atoms with Crippen molar-refractivity contribution in [3.8, 4) is 11.5 Å². The fourth-order valence-electron chi connectivity index (χ4n) is 3.28. The van der Waals surface area contributed by atoms with E-state index in [0.29, 0.717) is 36.8 Å². The smallest absolute Gasteiger partial charge is 0.251 e. The topological polar surface area (TPSA) is 47.6 Å². The summed E-state index contributed by atoms with van der Waals surface area (Å²) in [5, 5.41) is 3.07. The van der Waals surface area contributed by atoms with Crippen molar-refractivity contribution in [2.24, 2.45) is 0 Å². The summed E-state index contributed by atoms with van der Waals surface area (Å²) in [6.07, 6.45) is 0. The van der Waals surface area contributed by atoms with Crippen LogP contribution in [0.25, 0.3) is 0 Å². The molecule has 0 atom stereocenters. The van der Waals surface area contributed by atoms with E-state index in [1.807, 2.05) is 36.4 Å². The van der Waals surface area contributed by atoms with Gasteiger partial charge in [-0.15, -0.1) is 0 Å². The number of nitrogens with one attached hydrogen (secondary N) is 1. The van der Waals surface area contributed by atoms with Gasteiger partial charge in [-0.1, -0.05) is 60.7 Å². The Labute approximate surface area is 158 Å². The molecule has 0 bridgehead atoms. The van der Waals surface area contributed by atoms with Gasteiger partial charge in [0.05, 0.1) is 0 Å². The summed E-state index contributed by atoms with van der Waals surface area (Å²) in [6.45, 7) is 1.55. The van der Waals surface area contributed by atoms with Crippen molar-refractivity contribution in [2.75, 3.05) is 19.8 Å². The molecule has 0 unspecified atom stereocenters. The molecule has 1 heterocycles. The molecule has 0 radical (unpaired) electrons. The lowest BCUT2D eigenvalue weighted by Crippen LogP contribution is -2.29. The van der Waals surface area contributed by atoms with Gasteiger partial charge >= 0.3 is 0 Å². The fourth-order valence-corrected chi connectivity index (χ4v) is 3.28. The van der Waals surface area contributed by atoms with Gasteiger partial charge in [0.15, 0.2) is 11.5 Å². The number of rotatable bonds is 5. The van der Waals surface area contributed by atoms with Gasteiger partial charge in [-0.2, -0.15) is 0 Å². The highest BCUT2D eigenvalue weighted by molar-refractivity contribution is 5.95. The van der Waals surface area contributed by atoms with Crippen LogP contribution in [0.1, 0.15) is 27.4 Å². The molecule has 4 heteroatoms. The molecule has 0 aliphatic carbocycles. The number of amides is 1. The van der Waals surface area contributed by atoms with Crippen LogP contribution in [0.3, 0.4) is 0 Å². The van der Waals surface area contributed by atoms with Crippen LogP contribution in [0, 0.1) is 0 Å². The minimum absolute atomic E-state index is 0.0913. The molecule has 1 aliphatic heterocycles. The van der Waals surface area contributed by atoms with Crippen molar-refractivity contribution < 1.29 is 14.3 Å². The van der Waals surface area contributed by atoms with Gasteiger partial charge in [-0.05, 0) is 29.3 Å². The molecular weight excluding hydrogens is 338 g/mol. The standard InChI is InChI=1S/C23H21NO3/c25-23(19-11-12-21-22(15-19)27-14-13-26-21)24-16-20(17-7-3-1-4-8-17)18-9-5-2-6-10-18/h1-12,15,20H,13-14,16H2,(H,24,25). The van der Waals surface area contributed by atoms with Crippen molar-refractivity contribution >= 4 is 5.91 Å². The van der Waals surface area contributed by atoms with Crippen LogP contribution in [0.15, 0.2) is 78.9 Å². The zero-order valence-corrected chi connectivity index (χ0v) is 14.9. The van der Waals surface area contributed by atoms with Gasteiger partial charge in [-0.3, -0.25) is 4.79 Å².